The maximum Gasteiger partial charge on any atom is 0.136 e. The highest BCUT2D eigenvalue weighted by Gasteiger charge is 2.33. The van der Waals surface area contributed by atoms with Gasteiger partial charge in [0.1, 0.15) is 11.6 Å². The van der Waals surface area contributed by atoms with Crippen LogP contribution in [0.1, 0.15) is 31.2 Å². The van der Waals surface area contributed by atoms with E-state index in [2.05, 4.69) is 4.98 Å². The molecule has 2 N–H and O–H groups in total. The molecule has 0 aromatic carbocycles. The SMILES string of the molecule is CC1C(=O)CCC1c1cc(Cl)cnc1N. The van der Waals surface area contributed by atoms with Crippen molar-refractivity contribution in [3.05, 3.63) is 22.8 Å². The minimum atomic E-state index is 0.0348. The molecule has 0 bridgehead atoms. The van der Waals surface area contributed by atoms with Crippen LogP contribution in [0.5, 0.6) is 0 Å². The fraction of sp³-hybridized carbons (Fsp3) is 0.455. The van der Waals surface area contributed by atoms with Crippen LogP contribution in [0.4, 0.5) is 5.82 Å². The van der Waals surface area contributed by atoms with Crippen molar-refractivity contribution in [2.45, 2.75) is 25.7 Å². The van der Waals surface area contributed by atoms with E-state index in [0.717, 1.165) is 12.0 Å². The molecule has 1 fully saturated rings. The Labute approximate surface area is 93.6 Å². The highest BCUT2D eigenvalue weighted by Crippen LogP contribution is 2.39. The Morgan fingerprint density at radius 1 is 1.60 bits per heavy atom. The second-order valence-corrected chi connectivity index (χ2v) is 4.46. The Morgan fingerprint density at radius 3 is 2.93 bits per heavy atom. The van der Waals surface area contributed by atoms with Gasteiger partial charge in [0.25, 0.3) is 0 Å². The van der Waals surface area contributed by atoms with E-state index >= 15 is 0 Å². The number of ketones is 1. The standard InChI is InChI=1S/C11H13ClN2O/c1-6-8(2-3-10(6)15)9-4-7(12)5-14-11(9)13/h4-6,8H,2-3H2,1H3,(H2,13,14). The summed E-state index contributed by atoms with van der Waals surface area (Å²) < 4.78 is 0. The second kappa shape index (κ2) is 3.81. The van der Waals surface area contributed by atoms with Crippen molar-refractivity contribution in [2.24, 2.45) is 5.92 Å². The molecule has 2 rings (SSSR count). The monoisotopic (exact) mass is 224 g/mol. The molecule has 1 aliphatic carbocycles. The van der Waals surface area contributed by atoms with Crippen LogP contribution in [-0.4, -0.2) is 10.8 Å². The van der Waals surface area contributed by atoms with Crippen LogP contribution in [0.3, 0.4) is 0 Å². The van der Waals surface area contributed by atoms with Crippen molar-refractivity contribution >= 4 is 23.2 Å². The van der Waals surface area contributed by atoms with Crippen LogP contribution in [0.2, 0.25) is 5.02 Å². The summed E-state index contributed by atoms with van der Waals surface area (Å²) in [5.74, 6) is 1.02. The molecule has 0 radical (unpaired) electrons. The molecule has 15 heavy (non-hydrogen) atoms. The summed E-state index contributed by atoms with van der Waals surface area (Å²) in [5, 5.41) is 0.575. The average molecular weight is 225 g/mol. The molecular formula is C11H13ClN2O. The fourth-order valence-electron chi connectivity index (χ4n) is 2.19. The first kappa shape index (κ1) is 10.4. The van der Waals surface area contributed by atoms with Gasteiger partial charge in [-0.15, -0.1) is 0 Å². The first-order valence-corrected chi connectivity index (χ1v) is 5.41. The molecule has 1 heterocycles. The third kappa shape index (κ3) is 1.84. The van der Waals surface area contributed by atoms with Crippen molar-refractivity contribution in [1.82, 2.24) is 4.98 Å². The number of carbonyl (C=O) groups excluding carboxylic acids is 1. The fourth-order valence-corrected chi connectivity index (χ4v) is 2.35. The number of hydrogen-bond acceptors (Lipinski definition) is 3. The second-order valence-electron chi connectivity index (χ2n) is 4.03. The van der Waals surface area contributed by atoms with E-state index < -0.39 is 0 Å². The number of nitrogens with two attached hydrogens (primary N) is 1. The summed E-state index contributed by atoms with van der Waals surface area (Å²) >= 11 is 5.88. The van der Waals surface area contributed by atoms with E-state index in [1.54, 1.807) is 0 Å². The van der Waals surface area contributed by atoms with Crippen LogP contribution < -0.4 is 5.73 Å². The topological polar surface area (TPSA) is 56.0 Å². The number of rotatable bonds is 1. The molecule has 0 saturated heterocycles. The van der Waals surface area contributed by atoms with Crippen LogP contribution in [0.25, 0.3) is 0 Å². The number of anilines is 1. The molecule has 1 saturated carbocycles. The third-order valence-electron chi connectivity index (χ3n) is 3.13. The minimum absolute atomic E-state index is 0.0348. The Bertz CT molecular complexity index is 406. The Kier molecular flexibility index (Phi) is 2.65. The lowest BCUT2D eigenvalue weighted by Gasteiger charge is -2.16. The number of hydrogen-bond donors (Lipinski definition) is 1. The molecule has 80 valence electrons. The molecule has 4 heteroatoms. The average Bonchev–Trinajstić information content (AvgIpc) is 2.52. The summed E-state index contributed by atoms with van der Waals surface area (Å²) in [6, 6.07) is 1.82. The molecule has 1 aromatic rings. The lowest BCUT2D eigenvalue weighted by Crippen LogP contribution is -2.11. The zero-order valence-corrected chi connectivity index (χ0v) is 9.29. The number of nitrogen functional groups attached to an aromatic ring is 1. The van der Waals surface area contributed by atoms with Crippen molar-refractivity contribution in [3.8, 4) is 0 Å². The number of carbonyl (C=O) groups is 1. The number of pyridine rings is 1. The molecule has 0 spiro atoms. The van der Waals surface area contributed by atoms with Gasteiger partial charge in [0.2, 0.25) is 0 Å². The van der Waals surface area contributed by atoms with Crippen molar-refractivity contribution in [3.63, 3.8) is 0 Å². The predicted molar refractivity (Wildman–Crippen MR) is 59.8 cm³/mol. The number of nitrogens with zero attached hydrogens (tertiary/aromatic N) is 1. The van der Waals surface area contributed by atoms with Gasteiger partial charge in [-0.25, -0.2) is 4.98 Å². The molecule has 2 unspecified atom stereocenters. The van der Waals surface area contributed by atoms with Gasteiger partial charge in [-0.05, 0) is 24.0 Å². The van der Waals surface area contributed by atoms with Gasteiger partial charge in [0, 0.05) is 18.5 Å². The Balaban J connectivity index is 2.37. The van der Waals surface area contributed by atoms with E-state index in [9.17, 15) is 4.79 Å². The maximum absolute atomic E-state index is 11.5. The zero-order valence-electron chi connectivity index (χ0n) is 8.53. The van der Waals surface area contributed by atoms with E-state index in [4.69, 9.17) is 17.3 Å². The minimum Gasteiger partial charge on any atom is -0.383 e. The number of halogens is 1. The van der Waals surface area contributed by atoms with Crippen LogP contribution >= 0.6 is 11.6 Å². The number of Topliss-reactive ketones (excluding diaryl/α,β-unsaturated/α-hetero) is 1. The van der Waals surface area contributed by atoms with E-state index in [-0.39, 0.29) is 11.8 Å². The molecule has 0 amide bonds. The van der Waals surface area contributed by atoms with Crippen LogP contribution in [0.15, 0.2) is 12.3 Å². The van der Waals surface area contributed by atoms with Gasteiger partial charge in [0.05, 0.1) is 5.02 Å². The van der Waals surface area contributed by atoms with Gasteiger partial charge in [0.15, 0.2) is 0 Å². The normalized spacial score (nSPS) is 25.9. The zero-order chi connectivity index (χ0) is 11.0. The molecule has 1 aliphatic rings. The first-order valence-electron chi connectivity index (χ1n) is 5.03. The smallest absolute Gasteiger partial charge is 0.136 e. The van der Waals surface area contributed by atoms with Crippen LogP contribution in [-0.2, 0) is 4.79 Å². The molecule has 3 nitrogen and oxygen atoms in total. The molecule has 0 aliphatic heterocycles. The van der Waals surface area contributed by atoms with E-state index in [1.807, 2.05) is 13.0 Å². The summed E-state index contributed by atoms with van der Waals surface area (Å²) in [6.07, 6.45) is 3.02. The highest BCUT2D eigenvalue weighted by atomic mass is 35.5. The summed E-state index contributed by atoms with van der Waals surface area (Å²) in [7, 11) is 0. The van der Waals surface area contributed by atoms with Gasteiger partial charge < -0.3 is 5.73 Å². The lowest BCUT2D eigenvalue weighted by molar-refractivity contribution is -0.120. The predicted octanol–water partition coefficient (Wildman–Crippen LogP) is 2.40. The Hall–Kier alpha value is -1.09. The van der Waals surface area contributed by atoms with Crippen molar-refractivity contribution in [1.29, 1.82) is 0 Å². The molecule has 2 atom stereocenters. The van der Waals surface area contributed by atoms with Gasteiger partial charge in [-0.1, -0.05) is 18.5 Å². The van der Waals surface area contributed by atoms with Gasteiger partial charge in [-0.2, -0.15) is 0 Å². The molecule has 1 aromatic heterocycles. The Morgan fingerprint density at radius 2 is 2.33 bits per heavy atom. The molecular weight excluding hydrogens is 212 g/mol. The van der Waals surface area contributed by atoms with E-state index in [1.165, 1.54) is 6.20 Å². The number of aromatic nitrogens is 1. The summed E-state index contributed by atoms with van der Waals surface area (Å²) in [4.78, 5) is 15.5. The van der Waals surface area contributed by atoms with Gasteiger partial charge in [-0.3, -0.25) is 4.79 Å². The van der Waals surface area contributed by atoms with Crippen molar-refractivity contribution in [2.75, 3.05) is 5.73 Å². The lowest BCUT2D eigenvalue weighted by atomic mass is 9.90. The maximum atomic E-state index is 11.5. The summed E-state index contributed by atoms with van der Waals surface area (Å²) in [6.45, 7) is 1.94. The van der Waals surface area contributed by atoms with Crippen molar-refractivity contribution < 1.29 is 4.79 Å². The van der Waals surface area contributed by atoms with E-state index in [0.29, 0.717) is 23.0 Å². The third-order valence-corrected chi connectivity index (χ3v) is 3.34. The highest BCUT2D eigenvalue weighted by molar-refractivity contribution is 6.30. The van der Waals surface area contributed by atoms with Crippen LogP contribution in [0, 0.1) is 5.92 Å². The summed E-state index contributed by atoms with van der Waals surface area (Å²) in [5.41, 5.74) is 6.71. The van der Waals surface area contributed by atoms with Gasteiger partial charge >= 0.3 is 0 Å². The largest absolute Gasteiger partial charge is 0.383 e. The quantitative estimate of drug-likeness (QED) is 0.797. The first-order chi connectivity index (χ1) is 7.09.